The molecule has 0 bridgehead atoms. The second-order valence-corrected chi connectivity index (χ2v) is 16.0. The van der Waals surface area contributed by atoms with Crippen molar-refractivity contribution in [2.75, 3.05) is 0 Å². The van der Waals surface area contributed by atoms with Crippen molar-refractivity contribution >= 4 is 0 Å². The van der Waals surface area contributed by atoms with Crippen LogP contribution in [-0.4, -0.2) is 60.8 Å². The van der Waals surface area contributed by atoms with Crippen LogP contribution in [0.4, 0.5) is 0 Å². The minimum absolute atomic E-state index is 0. The summed E-state index contributed by atoms with van der Waals surface area (Å²) in [6.07, 6.45) is 14.8. The van der Waals surface area contributed by atoms with E-state index in [1.807, 2.05) is 21.8 Å². The summed E-state index contributed by atoms with van der Waals surface area (Å²) >= 11 is 0. The predicted molar refractivity (Wildman–Crippen MR) is 203 cm³/mol. The zero-order valence-electron chi connectivity index (χ0n) is 32.2. The van der Waals surface area contributed by atoms with Crippen LogP contribution in [-0.2, 0) is 19.5 Å². The highest BCUT2D eigenvalue weighted by molar-refractivity contribution is 5.07. The average molecular weight is 677 g/mol. The molecule has 0 radical (unpaired) electrons. The van der Waals surface area contributed by atoms with Crippen LogP contribution in [0.25, 0.3) is 0 Å². The highest BCUT2D eigenvalue weighted by Gasteiger charge is 2.15. The number of hydrogen-bond acceptors (Lipinski definition) is 8. The van der Waals surface area contributed by atoms with Crippen molar-refractivity contribution in [1.29, 1.82) is 0 Å². The fourth-order valence-electron chi connectivity index (χ4n) is 2.48. The Morgan fingerprint density at radius 3 is 0.917 bits per heavy atom. The molecule has 0 aliphatic rings. The maximum absolute atomic E-state index is 4.22. The van der Waals surface area contributed by atoms with Gasteiger partial charge in [-0.25, -0.2) is 0 Å². The summed E-state index contributed by atoms with van der Waals surface area (Å²) in [6.45, 7) is 37.0. The monoisotopic (exact) mass is 677 g/mol. The summed E-state index contributed by atoms with van der Waals surface area (Å²) in [5, 5.41) is 35.4. The number of aromatic nitrogens is 12. The van der Waals surface area contributed by atoms with Crippen LogP contribution in [0.15, 0.2) is 37.2 Å². The molecule has 2 N–H and O–H groups in total. The van der Waals surface area contributed by atoms with Gasteiger partial charge in [-0.05, 0) is 21.7 Å². The number of nitrogens with zero attached hydrogens (tertiary/aromatic N) is 10. The molecular formula is C36H76N12. The summed E-state index contributed by atoms with van der Waals surface area (Å²) in [6, 6.07) is 0. The molecule has 0 aromatic carbocycles. The van der Waals surface area contributed by atoms with Gasteiger partial charge in [0.15, 0.2) is 0 Å². The van der Waals surface area contributed by atoms with Gasteiger partial charge in [-0.2, -0.15) is 30.8 Å². The lowest BCUT2D eigenvalue weighted by molar-refractivity contribution is 0.321. The normalized spacial score (nSPS) is 10.7. The van der Waals surface area contributed by atoms with Crippen LogP contribution in [0.3, 0.4) is 0 Å². The highest BCUT2D eigenvalue weighted by atomic mass is 15.4. The van der Waals surface area contributed by atoms with E-state index >= 15 is 0 Å². The van der Waals surface area contributed by atoms with Crippen molar-refractivity contribution in [3.05, 3.63) is 48.6 Å². The van der Waals surface area contributed by atoms with Gasteiger partial charge in [0.2, 0.25) is 0 Å². The molecule has 0 spiro atoms. The van der Waals surface area contributed by atoms with Gasteiger partial charge in [-0.15, -0.1) is 10.2 Å². The molecule has 0 aliphatic heterocycles. The van der Waals surface area contributed by atoms with Crippen molar-refractivity contribution in [3.8, 4) is 0 Å². The molecule has 0 saturated heterocycles. The zero-order valence-corrected chi connectivity index (χ0v) is 32.2. The molecule has 4 aromatic heterocycles. The van der Waals surface area contributed by atoms with E-state index < -0.39 is 0 Å². The molecule has 4 aromatic rings. The van der Waals surface area contributed by atoms with E-state index in [1.54, 1.807) is 24.8 Å². The Morgan fingerprint density at radius 2 is 0.750 bits per heavy atom. The summed E-state index contributed by atoms with van der Waals surface area (Å²) in [5.41, 5.74) is 3.34. The molecule has 48 heavy (non-hydrogen) atoms. The van der Waals surface area contributed by atoms with Gasteiger partial charge >= 0.3 is 0 Å². The van der Waals surface area contributed by atoms with Crippen LogP contribution in [0.1, 0.15) is 156 Å². The van der Waals surface area contributed by atoms with Gasteiger partial charge < -0.3 is 0 Å². The Labute approximate surface area is 295 Å². The van der Waals surface area contributed by atoms with Gasteiger partial charge in [0.1, 0.15) is 0 Å². The van der Waals surface area contributed by atoms with Gasteiger partial charge in [0.25, 0.3) is 0 Å². The van der Waals surface area contributed by atoms with Crippen molar-refractivity contribution in [3.63, 3.8) is 0 Å². The van der Waals surface area contributed by atoms with E-state index in [0.717, 1.165) is 24.5 Å². The van der Waals surface area contributed by atoms with Crippen LogP contribution >= 0.6 is 0 Å². The number of aromatic amines is 2. The first-order chi connectivity index (χ1) is 21.1. The third-order valence-electron chi connectivity index (χ3n) is 5.59. The smallest absolute Gasteiger partial charge is 0.0887 e. The second-order valence-electron chi connectivity index (χ2n) is 16.0. The molecule has 0 unspecified atom stereocenters. The number of rotatable bonds is 4. The molecule has 12 heteroatoms. The predicted octanol–water partition coefficient (Wildman–Crippen LogP) is 9.74. The fourth-order valence-corrected chi connectivity index (χ4v) is 2.48. The quantitative estimate of drug-likeness (QED) is 0.217. The van der Waals surface area contributed by atoms with E-state index in [1.165, 1.54) is 19.3 Å². The summed E-state index contributed by atoms with van der Waals surface area (Å²) in [5.74, 6) is 0. The molecule has 12 nitrogen and oxygen atoms in total. The summed E-state index contributed by atoms with van der Waals surface area (Å²) in [4.78, 5) is 0. The number of hydrogen-bond donors (Lipinski definition) is 2. The molecular weight excluding hydrogens is 600 g/mol. The molecule has 0 atom stereocenters. The van der Waals surface area contributed by atoms with Crippen LogP contribution in [0.2, 0.25) is 0 Å². The minimum atomic E-state index is 0. The molecule has 0 amide bonds. The molecule has 0 fully saturated rings. The van der Waals surface area contributed by atoms with E-state index in [9.17, 15) is 0 Å². The van der Waals surface area contributed by atoms with Gasteiger partial charge in [0.05, 0.1) is 36.2 Å². The van der Waals surface area contributed by atoms with Crippen molar-refractivity contribution in [1.82, 2.24) is 60.8 Å². The first kappa shape index (κ1) is 51.4. The lowest BCUT2D eigenvalue weighted by Crippen LogP contribution is -2.15. The standard InChI is InChI=1S/C15H26N6.2C6H14.C3H8.2C2H3N3.2CH4/c1-14(2,3)10-20-8-12(16-18-20)7-13-9-21(19-17-13)11-15(4,5)6;2*1-5-6(2,3)4;1-3-2;2*1-2-4-5-3-1;;/h8-9H,7,10-11H2,1-6H3;2*5H2,1-4H3;3H2,1-2H3;2*1-2H,(H,3,4,5);2*1H4. The molecule has 0 saturated carbocycles. The Balaban J connectivity index is -0.000000293. The van der Waals surface area contributed by atoms with Crippen LogP contribution in [0.5, 0.6) is 0 Å². The molecule has 280 valence electrons. The van der Waals surface area contributed by atoms with Crippen molar-refractivity contribution in [2.45, 2.75) is 164 Å². The fraction of sp³-hybridized carbons (Fsp3) is 0.778. The van der Waals surface area contributed by atoms with E-state index in [2.05, 4.69) is 162 Å². The van der Waals surface area contributed by atoms with Gasteiger partial charge in [-0.1, -0.05) is 155 Å². The summed E-state index contributed by atoms with van der Waals surface area (Å²) < 4.78 is 3.80. The topological polar surface area (TPSA) is 145 Å². The first-order valence-electron chi connectivity index (χ1n) is 16.5. The lowest BCUT2D eigenvalue weighted by atomic mass is 9.94. The maximum Gasteiger partial charge on any atom is 0.0887 e. The number of H-pyrrole nitrogens is 2. The minimum Gasteiger partial charge on any atom is -0.252 e. The molecule has 0 aliphatic carbocycles. The lowest BCUT2D eigenvalue weighted by Gasteiger charge is -2.16. The third-order valence-corrected chi connectivity index (χ3v) is 5.59. The van der Waals surface area contributed by atoms with Crippen molar-refractivity contribution < 1.29 is 0 Å². The Kier molecular flexibility index (Phi) is 28.4. The largest absolute Gasteiger partial charge is 0.252 e. The second kappa shape index (κ2) is 26.5. The Morgan fingerprint density at radius 1 is 0.500 bits per heavy atom. The van der Waals surface area contributed by atoms with E-state index in [-0.39, 0.29) is 25.7 Å². The third kappa shape index (κ3) is 37.0. The van der Waals surface area contributed by atoms with E-state index in [4.69, 9.17) is 0 Å². The summed E-state index contributed by atoms with van der Waals surface area (Å²) in [7, 11) is 0. The SMILES string of the molecule is C.C.CC(C)(C)Cn1cc(Cc2cn(CC(C)(C)C)nn2)nn1.CCC.CCC(C)(C)C.CCC(C)(C)C.c1cn[nH]n1.c1cn[nH]n1. The van der Waals surface area contributed by atoms with E-state index in [0.29, 0.717) is 17.3 Å². The van der Waals surface area contributed by atoms with Gasteiger partial charge in [0, 0.05) is 31.9 Å². The Bertz CT molecular complexity index is 1040. The average Bonchev–Trinajstić information content (AvgIpc) is 3.74. The number of nitrogens with one attached hydrogen (secondary N) is 2. The zero-order chi connectivity index (χ0) is 35.9. The Hall–Kier alpha value is -3.44. The molecule has 4 rings (SSSR count). The van der Waals surface area contributed by atoms with Crippen LogP contribution in [0, 0.1) is 21.7 Å². The van der Waals surface area contributed by atoms with Crippen molar-refractivity contribution in [2.24, 2.45) is 21.7 Å². The van der Waals surface area contributed by atoms with Crippen LogP contribution < -0.4 is 0 Å². The van der Waals surface area contributed by atoms with Gasteiger partial charge in [-0.3, -0.25) is 9.36 Å². The first-order valence-corrected chi connectivity index (χ1v) is 16.5. The molecule has 4 heterocycles. The highest BCUT2D eigenvalue weighted by Crippen LogP contribution is 2.18. The maximum atomic E-state index is 4.22.